The van der Waals surface area contributed by atoms with Crippen molar-refractivity contribution in [1.82, 2.24) is 0 Å². The second kappa shape index (κ2) is 4.89. The van der Waals surface area contributed by atoms with Crippen molar-refractivity contribution in [3.05, 3.63) is 54.6 Å². The van der Waals surface area contributed by atoms with Gasteiger partial charge in [0.1, 0.15) is 0 Å². The third kappa shape index (κ3) is 2.44. The fourth-order valence-corrected chi connectivity index (χ4v) is 1.70. The molecule has 1 aliphatic rings. The molecular formula is C14H11NO4. The van der Waals surface area contributed by atoms with Gasteiger partial charge >= 0.3 is 0 Å². The Morgan fingerprint density at radius 3 is 2.95 bits per heavy atom. The zero-order valence-corrected chi connectivity index (χ0v) is 9.96. The summed E-state index contributed by atoms with van der Waals surface area (Å²) in [5, 5.41) is 2.99. The quantitative estimate of drug-likeness (QED) is 0.674. The molecule has 96 valence electrons. The Bertz CT molecular complexity index is 616. The Labute approximate surface area is 109 Å². The van der Waals surface area contributed by atoms with Gasteiger partial charge in [0.25, 0.3) is 0 Å². The summed E-state index contributed by atoms with van der Waals surface area (Å²) in [7, 11) is 0. The zero-order chi connectivity index (χ0) is 13.1. The second-order valence-electron chi connectivity index (χ2n) is 3.89. The number of carbonyl (C=O) groups is 1. The monoisotopic (exact) mass is 257 g/mol. The maximum absolute atomic E-state index is 11.6. The van der Waals surface area contributed by atoms with E-state index in [2.05, 4.69) is 5.32 Å². The van der Waals surface area contributed by atoms with Crippen LogP contribution in [0.25, 0.3) is 0 Å². The molecule has 0 spiro atoms. The molecular weight excluding hydrogens is 246 g/mol. The third-order valence-corrected chi connectivity index (χ3v) is 2.62. The average molecular weight is 257 g/mol. The van der Waals surface area contributed by atoms with Crippen LogP contribution in [0.4, 0.5) is 5.69 Å². The second-order valence-corrected chi connectivity index (χ2v) is 3.89. The Morgan fingerprint density at radius 2 is 2.11 bits per heavy atom. The molecule has 1 aromatic carbocycles. The van der Waals surface area contributed by atoms with E-state index in [9.17, 15) is 4.79 Å². The van der Waals surface area contributed by atoms with Crippen molar-refractivity contribution < 1.29 is 18.7 Å². The van der Waals surface area contributed by atoms with Crippen LogP contribution in [0.15, 0.2) is 53.3 Å². The first-order chi connectivity index (χ1) is 9.33. The van der Waals surface area contributed by atoms with Gasteiger partial charge in [-0.1, -0.05) is 0 Å². The molecule has 0 amide bonds. The summed E-state index contributed by atoms with van der Waals surface area (Å²) in [4.78, 5) is 11.6. The van der Waals surface area contributed by atoms with Crippen LogP contribution in [0.1, 0.15) is 10.6 Å². The maximum atomic E-state index is 11.6. The fraction of sp³-hybridized carbons (Fsp3) is 0.0714. The predicted octanol–water partition coefficient (Wildman–Crippen LogP) is 2.82. The number of ketones is 1. The number of hydrogen-bond acceptors (Lipinski definition) is 5. The van der Waals surface area contributed by atoms with Gasteiger partial charge in [-0.25, -0.2) is 0 Å². The summed E-state index contributed by atoms with van der Waals surface area (Å²) < 4.78 is 15.5. The number of anilines is 1. The molecule has 0 saturated carbocycles. The number of hydrogen-bond donors (Lipinski definition) is 1. The van der Waals surface area contributed by atoms with Gasteiger partial charge in [-0.15, -0.1) is 0 Å². The Hall–Kier alpha value is -2.69. The minimum atomic E-state index is -0.196. The van der Waals surface area contributed by atoms with E-state index >= 15 is 0 Å². The van der Waals surface area contributed by atoms with Gasteiger partial charge in [0, 0.05) is 24.0 Å². The first kappa shape index (κ1) is 11.4. The predicted molar refractivity (Wildman–Crippen MR) is 68.4 cm³/mol. The molecule has 0 bridgehead atoms. The fourth-order valence-electron chi connectivity index (χ4n) is 1.70. The summed E-state index contributed by atoms with van der Waals surface area (Å²) in [6, 6.07) is 8.76. The van der Waals surface area contributed by atoms with Crippen LogP contribution in [-0.4, -0.2) is 12.6 Å². The van der Waals surface area contributed by atoms with Gasteiger partial charge in [0.05, 0.1) is 6.26 Å². The highest BCUT2D eigenvalue weighted by Gasteiger charge is 2.12. The first-order valence-corrected chi connectivity index (χ1v) is 5.73. The summed E-state index contributed by atoms with van der Waals surface area (Å²) in [6.07, 6.45) is 4.43. The Morgan fingerprint density at radius 1 is 1.21 bits per heavy atom. The van der Waals surface area contributed by atoms with E-state index in [-0.39, 0.29) is 12.6 Å². The van der Waals surface area contributed by atoms with Crippen molar-refractivity contribution >= 4 is 11.5 Å². The SMILES string of the molecule is O=C(C=CNc1ccc2c(c1)OCO2)c1ccco1. The zero-order valence-electron chi connectivity index (χ0n) is 9.96. The highest BCUT2D eigenvalue weighted by atomic mass is 16.7. The summed E-state index contributed by atoms with van der Waals surface area (Å²) in [6.45, 7) is 0.242. The number of rotatable bonds is 4. The van der Waals surface area contributed by atoms with Crippen LogP contribution in [0, 0.1) is 0 Å². The number of allylic oxidation sites excluding steroid dienone is 1. The van der Waals surface area contributed by atoms with Crippen molar-refractivity contribution in [3.63, 3.8) is 0 Å². The lowest BCUT2D eigenvalue weighted by Crippen LogP contribution is -1.94. The lowest BCUT2D eigenvalue weighted by atomic mass is 10.2. The van der Waals surface area contributed by atoms with Gasteiger partial charge in [0.2, 0.25) is 12.6 Å². The van der Waals surface area contributed by atoms with E-state index < -0.39 is 0 Å². The molecule has 0 saturated heterocycles. The molecule has 0 fully saturated rings. The Kier molecular flexibility index (Phi) is 2.94. The normalized spacial score (nSPS) is 12.8. The van der Waals surface area contributed by atoms with Crippen LogP contribution >= 0.6 is 0 Å². The number of nitrogens with one attached hydrogen (secondary N) is 1. The smallest absolute Gasteiger partial charge is 0.231 e. The van der Waals surface area contributed by atoms with E-state index in [1.165, 1.54) is 12.3 Å². The Balaban J connectivity index is 1.64. The van der Waals surface area contributed by atoms with Gasteiger partial charge in [-0.2, -0.15) is 0 Å². The number of ether oxygens (including phenoxy) is 2. The molecule has 19 heavy (non-hydrogen) atoms. The van der Waals surface area contributed by atoms with Crippen molar-refractivity contribution in [1.29, 1.82) is 0 Å². The van der Waals surface area contributed by atoms with Crippen LogP contribution in [0.2, 0.25) is 0 Å². The molecule has 0 aliphatic carbocycles. The van der Waals surface area contributed by atoms with Gasteiger partial charge in [-0.3, -0.25) is 4.79 Å². The highest BCUT2D eigenvalue weighted by Crippen LogP contribution is 2.34. The minimum absolute atomic E-state index is 0.196. The van der Waals surface area contributed by atoms with Crippen molar-refractivity contribution in [2.24, 2.45) is 0 Å². The summed E-state index contributed by atoms with van der Waals surface area (Å²) in [5.74, 6) is 1.53. The lowest BCUT2D eigenvalue weighted by molar-refractivity contribution is 0.102. The van der Waals surface area contributed by atoms with E-state index in [1.54, 1.807) is 18.3 Å². The third-order valence-electron chi connectivity index (χ3n) is 2.62. The van der Waals surface area contributed by atoms with E-state index in [1.807, 2.05) is 18.2 Å². The van der Waals surface area contributed by atoms with Gasteiger partial charge in [0.15, 0.2) is 17.3 Å². The average Bonchev–Trinajstić information content (AvgIpc) is 3.09. The molecule has 2 heterocycles. The lowest BCUT2D eigenvalue weighted by Gasteiger charge is -2.01. The number of furan rings is 1. The molecule has 1 aliphatic heterocycles. The molecule has 1 N–H and O–H groups in total. The summed E-state index contributed by atoms with van der Waals surface area (Å²) >= 11 is 0. The number of benzene rings is 1. The standard InChI is InChI=1S/C14H11NO4/c16-11(12-2-1-7-17-12)5-6-15-10-3-4-13-14(8-10)19-9-18-13/h1-8,15H,9H2. The van der Waals surface area contributed by atoms with E-state index in [0.717, 1.165) is 11.4 Å². The van der Waals surface area contributed by atoms with Crippen molar-refractivity contribution in [2.45, 2.75) is 0 Å². The molecule has 5 nitrogen and oxygen atoms in total. The van der Waals surface area contributed by atoms with Crippen molar-refractivity contribution in [3.8, 4) is 11.5 Å². The van der Waals surface area contributed by atoms with E-state index in [4.69, 9.17) is 13.9 Å². The molecule has 0 radical (unpaired) electrons. The van der Waals surface area contributed by atoms with Crippen LogP contribution in [0.5, 0.6) is 11.5 Å². The molecule has 1 aromatic heterocycles. The molecule has 2 aromatic rings. The van der Waals surface area contributed by atoms with Crippen molar-refractivity contribution in [2.75, 3.05) is 12.1 Å². The summed E-state index contributed by atoms with van der Waals surface area (Å²) in [5.41, 5.74) is 0.813. The largest absolute Gasteiger partial charge is 0.461 e. The van der Waals surface area contributed by atoms with Gasteiger partial charge in [-0.05, 0) is 24.3 Å². The maximum Gasteiger partial charge on any atom is 0.231 e. The molecule has 3 rings (SSSR count). The molecule has 0 atom stereocenters. The number of carbonyl (C=O) groups excluding carboxylic acids is 1. The number of fused-ring (bicyclic) bond motifs is 1. The van der Waals surface area contributed by atoms with Gasteiger partial charge < -0.3 is 19.2 Å². The van der Waals surface area contributed by atoms with Crippen LogP contribution in [-0.2, 0) is 0 Å². The minimum Gasteiger partial charge on any atom is -0.461 e. The van der Waals surface area contributed by atoms with Crippen LogP contribution in [0.3, 0.4) is 0 Å². The highest BCUT2D eigenvalue weighted by molar-refractivity contribution is 6.02. The van der Waals surface area contributed by atoms with E-state index in [0.29, 0.717) is 11.5 Å². The molecule has 0 unspecified atom stereocenters. The molecule has 5 heteroatoms. The topological polar surface area (TPSA) is 60.7 Å². The first-order valence-electron chi connectivity index (χ1n) is 5.73. The van der Waals surface area contributed by atoms with Crippen LogP contribution < -0.4 is 14.8 Å².